The summed E-state index contributed by atoms with van der Waals surface area (Å²) in [5.41, 5.74) is 6.54. The summed E-state index contributed by atoms with van der Waals surface area (Å²) in [6.07, 6.45) is 8.26. The van der Waals surface area contributed by atoms with Gasteiger partial charge in [-0.2, -0.15) is 4.37 Å². The second-order valence-electron chi connectivity index (χ2n) is 11.3. The summed E-state index contributed by atoms with van der Waals surface area (Å²) in [6, 6.07) is -0.549. The van der Waals surface area contributed by atoms with Gasteiger partial charge in [0.25, 0.3) is 11.8 Å². The Morgan fingerprint density at radius 2 is 1.81 bits per heavy atom. The average molecular weight is 536 g/mol. The van der Waals surface area contributed by atoms with E-state index in [4.69, 9.17) is 10.5 Å². The lowest BCUT2D eigenvalue weighted by Gasteiger charge is -2.33. The highest BCUT2D eigenvalue weighted by Crippen LogP contribution is 2.28. The monoisotopic (exact) mass is 535 g/mol. The summed E-state index contributed by atoms with van der Waals surface area (Å²) in [7, 11) is 0. The van der Waals surface area contributed by atoms with Gasteiger partial charge in [-0.3, -0.25) is 14.4 Å². The van der Waals surface area contributed by atoms with Gasteiger partial charge in [-0.05, 0) is 61.9 Å². The van der Waals surface area contributed by atoms with Crippen LogP contribution in [0.25, 0.3) is 0 Å². The molecule has 1 saturated heterocycles. The summed E-state index contributed by atoms with van der Waals surface area (Å²) < 4.78 is 10.1. The molecule has 0 spiro atoms. The number of nitrogens with zero attached hydrogens (tertiary/aromatic N) is 2. The van der Waals surface area contributed by atoms with E-state index in [1.54, 1.807) is 4.90 Å². The Balaban J connectivity index is 1.83. The number of aromatic nitrogens is 1. The van der Waals surface area contributed by atoms with E-state index >= 15 is 0 Å². The van der Waals surface area contributed by atoms with Crippen molar-refractivity contribution in [1.29, 1.82) is 0 Å². The molecule has 2 atom stereocenters. The number of ether oxygens (including phenoxy) is 1. The van der Waals surface area contributed by atoms with Gasteiger partial charge in [-0.1, -0.05) is 47.0 Å². The fraction of sp³-hybridized carbons (Fsp3) is 0.778. The third-order valence-corrected chi connectivity index (χ3v) is 8.01. The van der Waals surface area contributed by atoms with Gasteiger partial charge in [-0.15, -0.1) is 0 Å². The maximum Gasteiger partial charge on any atom is 0.273 e. The predicted octanol–water partition coefficient (Wildman–Crippen LogP) is 3.99. The first-order valence-electron chi connectivity index (χ1n) is 13.9. The van der Waals surface area contributed by atoms with Crippen LogP contribution in [-0.2, 0) is 9.53 Å². The van der Waals surface area contributed by atoms with Crippen molar-refractivity contribution in [2.24, 2.45) is 11.8 Å². The van der Waals surface area contributed by atoms with E-state index in [1.165, 1.54) is 6.42 Å². The third kappa shape index (κ3) is 8.40. The molecule has 9 nitrogen and oxygen atoms in total. The van der Waals surface area contributed by atoms with Crippen LogP contribution in [0.1, 0.15) is 106 Å². The molecular weight excluding hydrogens is 490 g/mol. The number of nitrogens with two attached hydrogens (primary N) is 1. The van der Waals surface area contributed by atoms with Crippen molar-refractivity contribution in [1.82, 2.24) is 19.9 Å². The van der Waals surface area contributed by atoms with E-state index in [0.717, 1.165) is 56.5 Å². The van der Waals surface area contributed by atoms with Gasteiger partial charge in [0, 0.05) is 25.7 Å². The van der Waals surface area contributed by atoms with Gasteiger partial charge in [0.05, 0.1) is 11.8 Å². The molecule has 0 bridgehead atoms. The topological polar surface area (TPSA) is 127 Å². The summed E-state index contributed by atoms with van der Waals surface area (Å²) in [4.78, 5) is 42.0. The van der Waals surface area contributed by atoms with Crippen molar-refractivity contribution in [3.05, 3.63) is 10.6 Å². The molecule has 2 aliphatic rings. The fourth-order valence-corrected chi connectivity index (χ4v) is 5.78. The second kappa shape index (κ2) is 14.1. The Hall–Kier alpha value is -2.20. The van der Waals surface area contributed by atoms with E-state index in [9.17, 15) is 14.4 Å². The van der Waals surface area contributed by atoms with Crippen LogP contribution >= 0.6 is 11.5 Å². The molecule has 10 heteroatoms. The molecule has 2 heterocycles. The molecule has 0 unspecified atom stereocenters. The summed E-state index contributed by atoms with van der Waals surface area (Å²) in [6.45, 7) is 9.81. The first-order valence-corrected chi connectivity index (χ1v) is 14.7. The first-order chi connectivity index (χ1) is 17.7. The molecule has 1 aromatic heterocycles. The van der Waals surface area contributed by atoms with Gasteiger partial charge >= 0.3 is 0 Å². The van der Waals surface area contributed by atoms with Crippen molar-refractivity contribution >= 4 is 34.9 Å². The molecule has 1 aliphatic heterocycles. The first kappa shape index (κ1) is 29.4. The second-order valence-corrected chi connectivity index (χ2v) is 12.1. The molecule has 1 saturated carbocycles. The number of nitrogen functional groups attached to an aromatic ring is 1. The van der Waals surface area contributed by atoms with Crippen molar-refractivity contribution in [2.75, 3.05) is 25.4 Å². The molecule has 0 radical (unpaired) electrons. The van der Waals surface area contributed by atoms with Crippen LogP contribution in [0.2, 0.25) is 0 Å². The van der Waals surface area contributed by atoms with Crippen molar-refractivity contribution in [3.8, 4) is 0 Å². The number of carbonyl (C=O) groups is 3. The lowest BCUT2D eigenvalue weighted by Crippen LogP contribution is -2.52. The number of nitrogens with one attached hydrogen (secondary N) is 2. The Morgan fingerprint density at radius 1 is 1.08 bits per heavy atom. The van der Waals surface area contributed by atoms with E-state index in [0.29, 0.717) is 32.0 Å². The largest absolute Gasteiger partial charge is 0.395 e. The van der Waals surface area contributed by atoms with Crippen LogP contribution in [0, 0.1) is 11.8 Å². The molecule has 2 fully saturated rings. The zero-order valence-electron chi connectivity index (χ0n) is 22.9. The van der Waals surface area contributed by atoms with Crippen molar-refractivity contribution < 1.29 is 19.1 Å². The van der Waals surface area contributed by atoms with Crippen LogP contribution in [0.4, 0.5) is 5.69 Å². The number of rotatable bonds is 12. The molecule has 208 valence electrons. The number of hydrogen-bond acceptors (Lipinski definition) is 7. The number of amides is 3. The van der Waals surface area contributed by atoms with Gasteiger partial charge in [0.15, 0.2) is 5.69 Å². The predicted molar refractivity (Wildman–Crippen MR) is 147 cm³/mol. The Labute approximate surface area is 225 Å². The molecule has 37 heavy (non-hydrogen) atoms. The van der Waals surface area contributed by atoms with E-state index in [-0.39, 0.29) is 52.0 Å². The van der Waals surface area contributed by atoms with Crippen LogP contribution in [0.15, 0.2) is 0 Å². The van der Waals surface area contributed by atoms with Crippen LogP contribution in [0.5, 0.6) is 0 Å². The minimum atomic E-state index is -0.662. The lowest BCUT2D eigenvalue weighted by atomic mass is 9.95. The molecular formula is C27H45N5O4S. The smallest absolute Gasteiger partial charge is 0.273 e. The average Bonchev–Trinajstić information content (AvgIpc) is 3.50. The number of carbonyl (C=O) groups excluding carboxylic acids is 3. The standard InChI is InChI=1S/C27H45N5O4S/c1-17(2)12-13-29-25(33)21(15-18(3)4)32(16-20-11-8-14-36-20)27(35)24-22(28)23(31-37-24)26(34)30-19-9-6-5-7-10-19/h17-21H,5-16,28H2,1-4H3,(H,29,33)(H,30,34)/t20-,21+/m0/s1. The van der Waals surface area contributed by atoms with E-state index in [2.05, 4.69) is 28.9 Å². The Bertz CT molecular complexity index is 907. The zero-order chi connectivity index (χ0) is 26.9. The normalized spacial score (nSPS) is 19.2. The minimum absolute atomic E-state index is 0.0872. The summed E-state index contributed by atoms with van der Waals surface area (Å²) in [5, 5.41) is 6.07. The molecule has 3 amide bonds. The molecule has 4 N–H and O–H groups in total. The number of anilines is 1. The van der Waals surface area contributed by atoms with Crippen molar-refractivity contribution in [3.63, 3.8) is 0 Å². The van der Waals surface area contributed by atoms with Gasteiger partial charge in [0.1, 0.15) is 10.9 Å². The number of hydrogen-bond donors (Lipinski definition) is 3. The molecule has 3 rings (SSSR count). The molecule has 0 aromatic carbocycles. The van der Waals surface area contributed by atoms with E-state index in [1.807, 2.05) is 13.8 Å². The van der Waals surface area contributed by atoms with Gasteiger partial charge < -0.3 is 26.0 Å². The maximum absolute atomic E-state index is 13.9. The summed E-state index contributed by atoms with van der Waals surface area (Å²) >= 11 is 0.931. The fourth-order valence-electron chi connectivity index (χ4n) is 5.03. The van der Waals surface area contributed by atoms with E-state index < -0.39 is 6.04 Å². The minimum Gasteiger partial charge on any atom is -0.395 e. The van der Waals surface area contributed by atoms with Gasteiger partial charge in [0.2, 0.25) is 5.91 Å². The van der Waals surface area contributed by atoms with Crippen LogP contribution < -0.4 is 16.4 Å². The third-order valence-electron chi connectivity index (χ3n) is 7.16. The van der Waals surface area contributed by atoms with Gasteiger partial charge in [-0.25, -0.2) is 0 Å². The maximum atomic E-state index is 13.9. The molecule has 1 aromatic rings. The lowest BCUT2D eigenvalue weighted by molar-refractivity contribution is -0.126. The molecule has 1 aliphatic carbocycles. The Morgan fingerprint density at radius 3 is 2.43 bits per heavy atom. The highest BCUT2D eigenvalue weighted by atomic mass is 32.1. The summed E-state index contributed by atoms with van der Waals surface area (Å²) in [5.74, 6) is -0.221. The quantitative estimate of drug-likeness (QED) is 0.372. The van der Waals surface area contributed by atoms with Crippen molar-refractivity contribution in [2.45, 2.75) is 104 Å². The Kier molecular flexibility index (Phi) is 11.2. The SMILES string of the molecule is CC(C)CCNC(=O)[C@@H](CC(C)C)N(C[C@@H]1CCCO1)C(=O)c1snc(C(=O)NC2CCCCC2)c1N. The zero-order valence-corrected chi connectivity index (χ0v) is 23.7. The van der Waals surface area contributed by atoms with Crippen LogP contribution in [-0.4, -0.2) is 64.9 Å². The highest BCUT2D eigenvalue weighted by Gasteiger charge is 2.36. The van der Waals surface area contributed by atoms with Crippen LogP contribution in [0.3, 0.4) is 0 Å². The highest BCUT2D eigenvalue weighted by molar-refractivity contribution is 7.09.